The smallest absolute Gasteiger partial charge is 0.0119 e. The van der Waals surface area contributed by atoms with Crippen molar-refractivity contribution in [1.82, 2.24) is 0 Å². The molecule has 0 fully saturated rings. The summed E-state index contributed by atoms with van der Waals surface area (Å²) in [6.07, 6.45) is 5.96. The van der Waals surface area contributed by atoms with E-state index < -0.39 is 0 Å². The van der Waals surface area contributed by atoms with Gasteiger partial charge in [-0.1, -0.05) is 73.6 Å². The minimum atomic E-state index is 1.16. The summed E-state index contributed by atoms with van der Waals surface area (Å²) in [5.41, 5.74) is 1.29. The molecule has 0 saturated heterocycles. The Labute approximate surface area is 120 Å². The van der Waals surface area contributed by atoms with Crippen LogP contribution in [0.2, 0.25) is 0 Å². The molecule has 1 heteroatoms. The first-order valence-corrected chi connectivity index (χ1v) is 7.68. The van der Waals surface area contributed by atoms with Crippen molar-refractivity contribution in [2.75, 3.05) is 0 Å². The quantitative estimate of drug-likeness (QED) is 0.578. The SMILES string of the molecule is CCCC/C(=C\c1ccccc1)Sc1ccccc1. The summed E-state index contributed by atoms with van der Waals surface area (Å²) < 4.78 is 0. The van der Waals surface area contributed by atoms with Crippen LogP contribution in [0.4, 0.5) is 0 Å². The molecule has 0 N–H and O–H groups in total. The average molecular weight is 268 g/mol. The van der Waals surface area contributed by atoms with E-state index in [1.54, 1.807) is 0 Å². The van der Waals surface area contributed by atoms with Crippen molar-refractivity contribution < 1.29 is 0 Å². The maximum Gasteiger partial charge on any atom is 0.0119 e. The van der Waals surface area contributed by atoms with Gasteiger partial charge in [-0.3, -0.25) is 0 Å². The first-order valence-electron chi connectivity index (χ1n) is 6.87. The van der Waals surface area contributed by atoms with E-state index in [-0.39, 0.29) is 0 Å². The van der Waals surface area contributed by atoms with Gasteiger partial charge < -0.3 is 0 Å². The molecule has 0 aliphatic heterocycles. The van der Waals surface area contributed by atoms with Crippen LogP contribution in [-0.4, -0.2) is 0 Å². The molecule has 0 saturated carbocycles. The standard InChI is InChI=1S/C18H20S/c1-2-3-12-18(15-16-10-6-4-7-11-16)19-17-13-8-5-9-14-17/h4-11,13-15H,2-3,12H2,1H3/b18-15+. The Kier molecular flexibility index (Phi) is 5.77. The van der Waals surface area contributed by atoms with E-state index in [2.05, 4.69) is 73.7 Å². The fourth-order valence-electron chi connectivity index (χ4n) is 1.88. The second-order valence-corrected chi connectivity index (χ2v) is 5.74. The largest absolute Gasteiger partial charge is 0.0945 e. The van der Waals surface area contributed by atoms with Gasteiger partial charge in [0.25, 0.3) is 0 Å². The van der Waals surface area contributed by atoms with Crippen LogP contribution in [0.15, 0.2) is 70.5 Å². The lowest BCUT2D eigenvalue weighted by Gasteiger charge is -2.07. The molecule has 0 atom stereocenters. The second-order valence-electron chi connectivity index (χ2n) is 4.54. The van der Waals surface area contributed by atoms with Gasteiger partial charge >= 0.3 is 0 Å². The zero-order valence-electron chi connectivity index (χ0n) is 11.4. The van der Waals surface area contributed by atoms with Gasteiger partial charge in [-0.25, -0.2) is 0 Å². The Hall–Kier alpha value is -1.47. The summed E-state index contributed by atoms with van der Waals surface area (Å²) >= 11 is 1.88. The van der Waals surface area contributed by atoms with E-state index in [1.807, 2.05) is 11.8 Å². The summed E-state index contributed by atoms with van der Waals surface area (Å²) in [6, 6.07) is 21.2. The Morgan fingerprint density at radius 3 is 2.21 bits per heavy atom. The number of thioether (sulfide) groups is 1. The molecule has 2 rings (SSSR count). The van der Waals surface area contributed by atoms with E-state index in [0.29, 0.717) is 0 Å². The van der Waals surface area contributed by atoms with Crippen molar-refractivity contribution in [3.05, 3.63) is 71.1 Å². The van der Waals surface area contributed by atoms with Gasteiger partial charge in [0.05, 0.1) is 0 Å². The summed E-state index contributed by atoms with van der Waals surface area (Å²) in [6.45, 7) is 2.24. The van der Waals surface area contributed by atoms with Gasteiger partial charge in [-0.15, -0.1) is 0 Å². The molecule has 0 amide bonds. The molecule has 0 radical (unpaired) electrons. The summed E-state index contributed by atoms with van der Waals surface area (Å²) in [5, 5.41) is 0. The fraction of sp³-hybridized carbons (Fsp3) is 0.222. The highest BCUT2D eigenvalue weighted by Gasteiger charge is 2.01. The molecule has 2 aromatic rings. The molecule has 0 unspecified atom stereocenters. The minimum Gasteiger partial charge on any atom is -0.0945 e. The van der Waals surface area contributed by atoms with Crippen molar-refractivity contribution in [1.29, 1.82) is 0 Å². The molecule has 0 nitrogen and oxygen atoms in total. The van der Waals surface area contributed by atoms with Crippen LogP contribution in [0.5, 0.6) is 0 Å². The van der Waals surface area contributed by atoms with Gasteiger partial charge in [0.2, 0.25) is 0 Å². The normalized spacial score (nSPS) is 11.5. The number of benzene rings is 2. The Balaban J connectivity index is 2.14. The van der Waals surface area contributed by atoms with Crippen LogP contribution in [0.3, 0.4) is 0 Å². The van der Waals surface area contributed by atoms with Crippen molar-refractivity contribution in [2.45, 2.75) is 31.1 Å². The Morgan fingerprint density at radius 2 is 1.58 bits per heavy atom. The molecule has 98 valence electrons. The van der Waals surface area contributed by atoms with Crippen LogP contribution in [-0.2, 0) is 0 Å². The number of hydrogen-bond donors (Lipinski definition) is 0. The lowest BCUT2D eigenvalue weighted by molar-refractivity contribution is 0.810. The number of rotatable bonds is 6. The van der Waals surface area contributed by atoms with Crippen LogP contribution >= 0.6 is 11.8 Å². The van der Waals surface area contributed by atoms with Crippen molar-refractivity contribution >= 4 is 17.8 Å². The molecular formula is C18H20S. The highest BCUT2D eigenvalue weighted by molar-refractivity contribution is 8.03. The molecule has 0 spiro atoms. The van der Waals surface area contributed by atoms with Crippen molar-refractivity contribution in [2.24, 2.45) is 0 Å². The molecular weight excluding hydrogens is 248 g/mol. The first kappa shape index (κ1) is 14.0. The van der Waals surface area contributed by atoms with Crippen LogP contribution in [0, 0.1) is 0 Å². The van der Waals surface area contributed by atoms with E-state index in [1.165, 1.54) is 28.2 Å². The van der Waals surface area contributed by atoms with Gasteiger partial charge in [-0.2, -0.15) is 0 Å². The fourth-order valence-corrected chi connectivity index (χ4v) is 2.92. The van der Waals surface area contributed by atoms with Crippen LogP contribution < -0.4 is 0 Å². The zero-order chi connectivity index (χ0) is 13.3. The monoisotopic (exact) mass is 268 g/mol. The Bertz CT molecular complexity index is 500. The second kappa shape index (κ2) is 7.85. The topological polar surface area (TPSA) is 0 Å². The third-order valence-electron chi connectivity index (χ3n) is 2.90. The molecule has 0 bridgehead atoms. The third kappa shape index (κ3) is 4.96. The minimum absolute atomic E-state index is 1.16. The van der Waals surface area contributed by atoms with Gasteiger partial charge in [0.1, 0.15) is 0 Å². The molecule has 2 aromatic carbocycles. The molecule has 0 aromatic heterocycles. The maximum absolute atomic E-state index is 2.31. The summed E-state index contributed by atoms with van der Waals surface area (Å²) in [7, 11) is 0. The predicted octanol–water partition coefficient (Wildman–Crippen LogP) is 6.01. The van der Waals surface area contributed by atoms with E-state index >= 15 is 0 Å². The Morgan fingerprint density at radius 1 is 0.947 bits per heavy atom. The van der Waals surface area contributed by atoms with Crippen molar-refractivity contribution in [3.63, 3.8) is 0 Å². The van der Waals surface area contributed by atoms with Crippen molar-refractivity contribution in [3.8, 4) is 0 Å². The summed E-state index contributed by atoms with van der Waals surface area (Å²) in [4.78, 5) is 2.76. The summed E-state index contributed by atoms with van der Waals surface area (Å²) in [5.74, 6) is 0. The molecule has 0 aliphatic carbocycles. The van der Waals surface area contributed by atoms with Gasteiger partial charge in [-0.05, 0) is 41.5 Å². The third-order valence-corrected chi connectivity index (χ3v) is 3.99. The van der Waals surface area contributed by atoms with Gasteiger partial charge in [0, 0.05) is 4.90 Å². The van der Waals surface area contributed by atoms with E-state index in [0.717, 1.165) is 6.42 Å². The lowest BCUT2D eigenvalue weighted by atomic mass is 10.1. The molecule has 0 aliphatic rings. The van der Waals surface area contributed by atoms with Gasteiger partial charge in [0.15, 0.2) is 0 Å². The van der Waals surface area contributed by atoms with E-state index in [4.69, 9.17) is 0 Å². The van der Waals surface area contributed by atoms with Crippen LogP contribution in [0.25, 0.3) is 6.08 Å². The number of hydrogen-bond acceptors (Lipinski definition) is 1. The maximum atomic E-state index is 2.31. The lowest BCUT2D eigenvalue weighted by Crippen LogP contribution is -1.81. The molecule has 19 heavy (non-hydrogen) atoms. The van der Waals surface area contributed by atoms with Crippen LogP contribution in [0.1, 0.15) is 31.7 Å². The zero-order valence-corrected chi connectivity index (χ0v) is 12.2. The van der Waals surface area contributed by atoms with E-state index in [9.17, 15) is 0 Å². The highest BCUT2D eigenvalue weighted by atomic mass is 32.2. The number of allylic oxidation sites excluding steroid dienone is 1. The molecule has 0 heterocycles. The predicted molar refractivity (Wildman–Crippen MR) is 86.2 cm³/mol. The average Bonchev–Trinajstić information content (AvgIpc) is 2.47. The number of unbranched alkanes of at least 4 members (excludes halogenated alkanes) is 1. The first-order chi connectivity index (χ1) is 9.38. The highest BCUT2D eigenvalue weighted by Crippen LogP contribution is 2.31.